The molecule has 1 amide bonds. The molecule has 0 bridgehead atoms. The Labute approximate surface area is 122 Å². The predicted molar refractivity (Wildman–Crippen MR) is 83.1 cm³/mol. The van der Waals surface area contributed by atoms with Crippen LogP contribution in [0.25, 0.3) is 0 Å². The zero-order valence-electron chi connectivity index (χ0n) is 13.3. The number of carbonyl (C=O) groups is 1. The van der Waals surface area contributed by atoms with Crippen molar-refractivity contribution in [2.45, 2.75) is 40.0 Å². The number of benzene rings is 1. The first-order chi connectivity index (χ1) is 9.34. The van der Waals surface area contributed by atoms with Crippen LogP contribution in [-0.4, -0.2) is 37.0 Å². The van der Waals surface area contributed by atoms with Gasteiger partial charge in [0, 0.05) is 26.2 Å². The Bertz CT molecular complexity index is 491. The fourth-order valence-electron chi connectivity index (χ4n) is 3.54. The van der Waals surface area contributed by atoms with Gasteiger partial charge in [0.05, 0.1) is 5.41 Å². The third kappa shape index (κ3) is 2.73. The maximum absolute atomic E-state index is 12.9. The van der Waals surface area contributed by atoms with E-state index in [4.69, 9.17) is 0 Å². The van der Waals surface area contributed by atoms with Gasteiger partial charge in [0.2, 0.25) is 5.91 Å². The fraction of sp³-hybridized carbons (Fsp3) is 0.588. The molecule has 1 aliphatic rings. The summed E-state index contributed by atoms with van der Waals surface area (Å²) in [4.78, 5) is 14.9. The molecule has 1 aromatic rings. The SMILES string of the molecule is Cc1cc(C)c(C(C)(C)C(=O)N2CCNCC2)c(C)c1. The minimum Gasteiger partial charge on any atom is -0.339 e. The smallest absolute Gasteiger partial charge is 0.232 e. The predicted octanol–water partition coefficient (Wildman–Crippen LogP) is 2.32. The fourth-order valence-corrected chi connectivity index (χ4v) is 3.54. The molecule has 110 valence electrons. The zero-order valence-corrected chi connectivity index (χ0v) is 13.3. The normalized spacial score (nSPS) is 16.4. The molecule has 20 heavy (non-hydrogen) atoms. The van der Waals surface area contributed by atoms with Gasteiger partial charge in [0.25, 0.3) is 0 Å². The van der Waals surface area contributed by atoms with Crippen molar-refractivity contribution >= 4 is 5.91 Å². The maximum atomic E-state index is 12.9. The van der Waals surface area contributed by atoms with Gasteiger partial charge in [0.1, 0.15) is 0 Å². The molecule has 0 aromatic heterocycles. The lowest BCUT2D eigenvalue weighted by atomic mass is 9.77. The quantitative estimate of drug-likeness (QED) is 0.897. The van der Waals surface area contributed by atoms with Crippen molar-refractivity contribution in [3.05, 3.63) is 34.4 Å². The Morgan fingerprint density at radius 2 is 1.60 bits per heavy atom. The lowest BCUT2D eigenvalue weighted by Gasteiger charge is -2.36. The Balaban J connectivity index is 2.36. The molecule has 0 unspecified atom stereocenters. The summed E-state index contributed by atoms with van der Waals surface area (Å²) in [6, 6.07) is 4.35. The Morgan fingerprint density at radius 3 is 2.10 bits per heavy atom. The number of carbonyl (C=O) groups excluding carboxylic acids is 1. The average molecular weight is 274 g/mol. The Kier molecular flexibility index (Phi) is 4.19. The van der Waals surface area contributed by atoms with Crippen molar-refractivity contribution in [3.63, 3.8) is 0 Å². The van der Waals surface area contributed by atoms with Gasteiger partial charge in [-0.15, -0.1) is 0 Å². The molecule has 2 rings (SSSR count). The zero-order chi connectivity index (χ0) is 14.9. The lowest BCUT2D eigenvalue weighted by molar-refractivity contribution is -0.136. The third-order valence-corrected chi connectivity index (χ3v) is 4.24. The molecule has 0 saturated carbocycles. The van der Waals surface area contributed by atoms with Crippen molar-refractivity contribution in [2.24, 2.45) is 0 Å². The maximum Gasteiger partial charge on any atom is 0.232 e. The number of amides is 1. The second-order valence-electron chi connectivity index (χ2n) is 6.44. The first-order valence-electron chi connectivity index (χ1n) is 7.42. The van der Waals surface area contributed by atoms with E-state index in [1.165, 1.54) is 22.3 Å². The van der Waals surface area contributed by atoms with Crippen molar-refractivity contribution < 1.29 is 4.79 Å². The topological polar surface area (TPSA) is 32.3 Å². The number of rotatable bonds is 2. The summed E-state index contributed by atoms with van der Waals surface area (Å²) >= 11 is 0. The van der Waals surface area contributed by atoms with Crippen molar-refractivity contribution in [1.29, 1.82) is 0 Å². The molecule has 0 atom stereocenters. The van der Waals surface area contributed by atoms with Gasteiger partial charge in [-0.3, -0.25) is 4.79 Å². The molecule has 0 radical (unpaired) electrons. The van der Waals surface area contributed by atoms with Crippen molar-refractivity contribution in [1.82, 2.24) is 10.2 Å². The lowest BCUT2D eigenvalue weighted by Crippen LogP contribution is -2.52. The second kappa shape index (κ2) is 5.57. The highest BCUT2D eigenvalue weighted by molar-refractivity contribution is 5.88. The van der Waals surface area contributed by atoms with E-state index in [1.54, 1.807) is 0 Å². The van der Waals surface area contributed by atoms with Crippen LogP contribution in [0.1, 0.15) is 36.1 Å². The number of piperazine rings is 1. The molecular formula is C17H26N2O. The summed E-state index contributed by atoms with van der Waals surface area (Å²) in [5.41, 5.74) is 4.42. The standard InChI is InChI=1S/C17H26N2O/c1-12-10-13(2)15(14(3)11-12)17(4,5)16(20)19-8-6-18-7-9-19/h10-11,18H,6-9H2,1-5H3. The molecule has 1 aromatic carbocycles. The number of nitrogens with one attached hydrogen (secondary N) is 1. The van der Waals surface area contributed by atoms with E-state index < -0.39 is 5.41 Å². The molecule has 1 fully saturated rings. The molecule has 0 aliphatic carbocycles. The Hall–Kier alpha value is -1.35. The van der Waals surface area contributed by atoms with Gasteiger partial charge >= 0.3 is 0 Å². The Morgan fingerprint density at radius 1 is 1.10 bits per heavy atom. The largest absolute Gasteiger partial charge is 0.339 e. The van der Waals surface area contributed by atoms with Gasteiger partial charge in [-0.2, -0.15) is 0 Å². The van der Waals surface area contributed by atoms with Crippen LogP contribution >= 0.6 is 0 Å². The summed E-state index contributed by atoms with van der Waals surface area (Å²) in [6.45, 7) is 13.9. The van der Waals surface area contributed by atoms with Gasteiger partial charge < -0.3 is 10.2 Å². The van der Waals surface area contributed by atoms with E-state index in [1.807, 2.05) is 4.90 Å². The van der Waals surface area contributed by atoms with Gasteiger partial charge in [-0.25, -0.2) is 0 Å². The van der Waals surface area contributed by atoms with E-state index in [0.717, 1.165) is 26.2 Å². The first-order valence-corrected chi connectivity index (χ1v) is 7.42. The average Bonchev–Trinajstić information content (AvgIpc) is 2.37. The summed E-state index contributed by atoms with van der Waals surface area (Å²) in [5, 5.41) is 3.30. The highest BCUT2D eigenvalue weighted by Crippen LogP contribution is 2.32. The summed E-state index contributed by atoms with van der Waals surface area (Å²) < 4.78 is 0. The minimum atomic E-state index is -0.459. The highest BCUT2D eigenvalue weighted by atomic mass is 16.2. The molecule has 1 aliphatic heterocycles. The van der Waals surface area contributed by atoms with E-state index in [-0.39, 0.29) is 5.91 Å². The molecular weight excluding hydrogens is 248 g/mol. The first kappa shape index (κ1) is 15.0. The molecule has 3 heteroatoms. The van der Waals surface area contributed by atoms with E-state index >= 15 is 0 Å². The van der Waals surface area contributed by atoms with Crippen LogP contribution in [-0.2, 0) is 10.2 Å². The van der Waals surface area contributed by atoms with E-state index in [0.29, 0.717) is 0 Å². The van der Waals surface area contributed by atoms with Crippen LogP contribution in [0.5, 0.6) is 0 Å². The van der Waals surface area contributed by atoms with Crippen molar-refractivity contribution in [2.75, 3.05) is 26.2 Å². The van der Waals surface area contributed by atoms with E-state index in [9.17, 15) is 4.79 Å². The van der Waals surface area contributed by atoms with Crippen LogP contribution in [0.2, 0.25) is 0 Å². The second-order valence-corrected chi connectivity index (χ2v) is 6.44. The van der Waals surface area contributed by atoms with Gasteiger partial charge in [-0.05, 0) is 51.3 Å². The number of hydrogen-bond donors (Lipinski definition) is 1. The summed E-state index contributed by atoms with van der Waals surface area (Å²) in [7, 11) is 0. The van der Waals surface area contributed by atoms with Crippen molar-refractivity contribution in [3.8, 4) is 0 Å². The molecule has 0 spiro atoms. The number of nitrogens with zero attached hydrogens (tertiary/aromatic N) is 1. The van der Waals surface area contributed by atoms with E-state index in [2.05, 4.69) is 52.1 Å². The van der Waals surface area contributed by atoms with Crippen LogP contribution < -0.4 is 5.32 Å². The highest BCUT2D eigenvalue weighted by Gasteiger charge is 2.36. The van der Waals surface area contributed by atoms with Crippen LogP contribution in [0.3, 0.4) is 0 Å². The molecule has 1 N–H and O–H groups in total. The molecule has 3 nitrogen and oxygen atoms in total. The molecule has 1 heterocycles. The third-order valence-electron chi connectivity index (χ3n) is 4.24. The van der Waals surface area contributed by atoms with Crippen LogP contribution in [0.15, 0.2) is 12.1 Å². The number of aryl methyl sites for hydroxylation is 3. The summed E-state index contributed by atoms with van der Waals surface area (Å²) in [6.07, 6.45) is 0. The minimum absolute atomic E-state index is 0.244. The number of hydrogen-bond acceptors (Lipinski definition) is 2. The monoisotopic (exact) mass is 274 g/mol. The van der Waals surface area contributed by atoms with Crippen LogP contribution in [0.4, 0.5) is 0 Å². The van der Waals surface area contributed by atoms with Crippen LogP contribution in [0, 0.1) is 20.8 Å². The van der Waals surface area contributed by atoms with Gasteiger partial charge in [-0.1, -0.05) is 17.7 Å². The molecule has 1 saturated heterocycles. The summed E-state index contributed by atoms with van der Waals surface area (Å²) in [5.74, 6) is 0.244. The van der Waals surface area contributed by atoms with Gasteiger partial charge in [0.15, 0.2) is 0 Å².